The highest BCUT2D eigenvalue weighted by atomic mass is 79.9. The Balaban J connectivity index is 2.12. The van der Waals surface area contributed by atoms with Crippen LogP contribution in [0.3, 0.4) is 0 Å². The summed E-state index contributed by atoms with van der Waals surface area (Å²) in [6, 6.07) is 8.10. The molecule has 0 radical (unpaired) electrons. The van der Waals surface area contributed by atoms with E-state index >= 15 is 0 Å². The zero-order valence-corrected chi connectivity index (χ0v) is 14.9. The van der Waals surface area contributed by atoms with Crippen molar-refractivity contribution in [1.29, 1.82) is 0 Å². The van der Waals surface area contributed by atoms with Gasteiger partial charge in [0.25, 0.3) is 0 Å². The van der Waals surface area contributed by atoms with Crippen LogP contribution in [-0.4, -0.2) is 7.11 Å². The summed E-state index contributed by atoms with van der Waals surface area (Å²) in [7, 11) is 1.69. The predicted molar refractivity (Wildman–Crippen MR) is 89.2 cm³/mol. The number of nitrogens with one attached hydrogen (secondary N) is 1. The Morgan fingerprint density at radius 1 is 1.32 bits per heavy atom. The Bertz CT molecular complexity index is 554. The van der Waals surface area contributed by atoms with Crippen LogP contribution in [0.4, 0.5) is 5.69 Å². The van der Waals surface area contributed by atoms with Gasteiger partial charge in [-0.1, -0.05) is 33.6 Å². The zero-order chi connectivity index (χ0) is 13.8. The number of halogens is 3. The quantitative estimate of drug-likeness (QED) is 0.665. The van der Waals surface area contributed by atoms with Gasteiger partial charge in [0.1, 0.15) is 4.34 Å². The molecule has 0 fully saturated rings. The molecule has 2 nitrogen and oxygen atoms in total. The fourth-order valence-corrected chi connectivity index (χ4v) is 3.89. The van der Waals surface area contributed by atoms with Gasteiger partial charge in [-0.15, -0.1) is 11.3 Å². The van der Waals surface area contributed by atoms with E-state index in [4.69, 9.17) is 16.3 Å². The Morgan fingerprint density at radius 2 is 2.11 bits per heavy atom. The molecule has 2 aromatic rings. The molecule has 2 rings (SSSR count). The lowest BCUT2D eigenvalue weighted by atomic mass is 10.2. The highest BCUT2D eigenvalue weighted by Gasteiger charge is 2.08. The van der Waals surface area contributed by atoms with E-state index in [-0.39, 0.29) is 0 Å². The van der Waals surface area contributed by atoms with Crippen LogP contribution in [0.5, 0.6) is 0 Å². The molecule has 0 aliphatic rings. The number of thiophene rings is 1. The third-order valence-corrected chi connectivity index (χ3v) is 5.77. The maximum Gasteiger partial charge on any atom is 0.107 e. The van der Waals surface area contributed by atoms with E-state index in [1.807, 2.05) is 24.3 Å². The maximum absolute atomic E-state index is 6.03. The molecule has 0 amide bonds. The van der Waals surface area contributed by atoms with Crippen LogP contribution in [0.2, 0.25) is 4.34 Å². The minimum Gasteiger partial charge on any atom is -0.380 e. The fourth-order valence-electron chi connectivity index (χ4n) is 1.68. The number of hydrogen-bond acceptors (Lipinski definition) is 3. The summed E-state index contributed by atoms with van der Waals surface area (Å²) in [6.07, 6.45) is 0. The van der Waals surface area contributed by atoms with Crippen LogP contribution >= 0.6 is 54.8 Å². The molecule has 0 saturated heterocycles. The molecule has 1 aromatic carbocycles. The average molecular weight is 426 g/mol. The Labute approximate surface area is 138 Å². The second kappa shape index (κ2) is 7.09. The summed E-state index contributed by atoms with van der Waals surface area (Å²) in [4.78, 5) is 1.18. The number of methoxy groups -OCH3 is 1. The summed E-state index contributed by atoms with van der Waals surface area (Å²) >= 11 is 14.6. The first-order valence-corrected chi connectivity index (χ1v) is 8.33. The summed E-state index contributed by atoms with van der Waals surface area (Å²) in [5.74, 6) is 0. The van der Waals surface area contributed by atoms with Gasteiger partial charge in [-0.05, 0) is 34.1 Å². The monoisotopic (exact) mass is 423 g/mol. The van der Waals surface area contributed by atoms with Crippen LogP contribution in [0, 0.1) is 0 Å². The molecular formula is C13H12Br2ClNOS. The Hall–Kier alpha value is -0.0700. The molecule has 0 bridgehead atoms. The van der Waals surface area contributed by atoms with E-state index in [9.17, 15) is 0 Å². The van der Waals surface area contributed by atoms with Crippen LogP contribution < -0.4 is 5.32 Å². The standard InChI is InChI=1S/C13H12Br2ClNOS/c1-18-7-9-10(14)3-2-4-12(9)17-6-8-5-11(15)13(16)19-8/h2-5,17H,6-7H2,1H3. The van der Waals surface area contributed by atoms with Crippen molar-refractivity contribution in [3.8, 4) is 0 Å². The molecule has 0 saturated carbocycles. The van der Waals surface area contributed by atoms with E-state index in [0.717, 1.165) is 31.1 Å². The molecule has 1 aromatic heterocycles. The lowest BCUT2D eigenvalue weighted by molar-refractivity contribution is 0.185. The molecular weight excluding hydrogens is 413 g/mol. The molecule has 102 valence electrons. The van der Waals surface area contributed by atoms with Crippen molar-refractivity contribution in [1.82, 2.24) is 0 Å². The summed E-state index contributed by atoms with van der Waals surface area (Å²) < 4.78 is 8.00. The van der Waals surface area contributed by atoms with Gasteiger partial charge in [-0.25, -0.2) is 0 Å². The van der Waals surface area contributed by atoms with Crippen molar-refractivity contribution >= 4 is 60.5 Å². The van der Waals surface area contributed by atoms with Crippen LogP contribution in [0.15, 0.2) is 33.2 Å². The van der Waals surface area contributed by atoms with Crippen LogP contribution in [-0.2, 0) is 17.9 Å². The van der Waals surface area contributed by atoms with Gasteiger partial charge in [0.15, 0.2) is 0 Å². The van der Waals surface area contributed by atoms with E-state index in [1.54, 1.807) is 18.4 Å². The third kappa shape index (κ3) is 3.95. The molecule has 0 spiro atoms. The minimum atomic E-state index is 0.568. The number of ether oxygens (including phenoxy) is 1. The first kappa shape index (κ1) is 15.3. The molecule has 0 aliphatic heterocycles. The largest absolute Gasteiger partial charge is 0.380 e. The highest BCUT2D eigenvalue weighted by molar-refractivity contribution is 9.10. The lowest BCUT2D eigenvalue weighted by Gasteiger charge is -2.12. The number of benzene rings is 1. The summed E-state index contributed by atoms with van der Waals surface area (Å²) in [6.45, 7) is 1.31. The molecule has 0 unspecified atom stereocenters. The van der Waals surface area contributed by atoms with Gasteiger partial charge < -0.3 is 10.1 Å². The number of rotatable bonds is 5. The van der Waals surface area contributed by atoms with E-state index in [0.29, 0.717) is 6.61 Å². The molecule has 0 atom stereocenters. The van der Waals surface area contributed by atoms with Crippen molar-refractivity contribution in [2.24, 2.45) is 0 Å². The third-order valence-electron chi connectivity index (χ3n) is 2.56. The number of anilines is 1. The zero-order valence-electron chi connectivity index (χ0n) is 10.2. The van der Waals surface area contributed by atoms with Crippen LogP contribution in [0.25, 0.3) is 0 Å². The van der Waals surface area contributed by atoms with Crippen molar-refractivity contribution in [2.75, 3.05) is 12.4 Å². The fraction of sp³-hybridized carbons (Fsp3) is 0.231. The molecule has 0 aliphatic carbocycles. The molecule has 1 N–H and O–H groups in total. The van der Waals surface area contributed by atoms with Crippen molar-refractivity contribution < 1.29 is 4.74 Å². The average Bonchev–Trinajstić information content (AvgIpc) is 2.70. The van der Waals surface area contributed by atoms with Gasteiger partial charge in [0, 0.05) is 38.7 Å². The van der Waals surface area contributed by atoms with Crippen molar-refractivity contribution in [3.63, 3.8) is 0 Å². The van der Waals surface area contributed by atoms with Gasteiger partial charge in [-0.2, -0.15) is 0 Å². The first-order chi connectivity index (χ1) is 9.11. The van der Waals surface area contributed by atoms with Gasteiger partial charge in [-0.3, -0.25) is 0 Å². The topological polar surface area (TPSA) is 21.3 Å². The van der Waals surface area contributed by atoms with E-state index < -0.39 is 0 Å². The predicted octanol–water partition coefficient (Wildman–Crippen LogP) is 5.69. The van der Waals surface area contributed by atoms with Gasteiger partial charge >= 0.3 is 0 Å². The Morgan fingerprint density at radius 3 is 2.74 bits per heavy atom. The van der Waals surface area contributed by atoms with Crippen LogP contribution in [0.1, 0.15) is 10.4 Å². The number of hydrogen-bond donors (Lipinski definition) is 1. The van der Waals surface area contributed by atoms with E-state index in [1.165, 1.54) is 4.88 Å². The molecule has 19 heavy (non-hydrogen) atoms. The maximum atomic E-state index is 6.03. The second-order valence-corrected chi connectivity index (χ2v) is 7.33. The normalized spacial score (nSPS) is 10.7. The summed E-state index contributed by atoms with van der Waals surface area (Å²) in [5.41, 5.74) is 2.18. The lowest BCUT2D eigenvalue weighted by Crippen LogP contribution is -2.02. The van der Waals surface area contributed by atoms with Crippen molar-refractivity contribution in [2.45, 2.75) is 13.2 Å². The van der Waals surface area contributed by atoms with Gasteiger partial charge in [0.2, 0.25) is 0 Å². The second-order valence-electron chi connectivity index (χ2n) is 3.89. The summed E-state index contributed by atoms with van der Waals surface area (Å²) in [5, 5.41) is 3.42. The molecule has 6 heteroatoms. The minimum absolute atomic E-state index is 0.568. The SMILES string of the molecule is COCc1c(Br)cccc1NCc1cc(Br)c(Cl)s1. The molecule has 1 heterocycles. The van der Waals surface area contributed by atoms with Crippen molar-refractivity contribution in [3.05, 3.63) is 48.0 Å². The Kier molecular flexibility index (Phi) is 5.71. The smallest absolute Gasteiger partial charge is 0.107 e. The van der Waals surface area contributed by atoms with Gasteiger partial charge in [0.05, 0.1) is 6.61 Å². The van der Waals surface area contributed by atoms with E-state index in [2.05, 4.69) is 37.2 Å². The highest BCUT2D eigenvalue weighted by Crippen LogP contribution is 2.33. The first-order valence-electron chi connectivity index (χ1n) is 5.55.